The van der Waals surface area contributed by atoms with Crippen molar-refractivity contribution < 1.29 is 14.7 Å². The van der Waals surface area contributed by atoms with Crippen molar-refractivity contribution in [3.8, 4) is 11.1 Å². The van der Waals surface area contributed by atoms with E-state index in [-0.39, 0.29) is 11.8 Å². The van der Waals surface area contributed by atoms with E-state index in [1.54, 1.807) is 4.90 Å². The van der Waals surface area contributed by atoms with Crippen LogP contribution >= 0.6 is 11.6 Å². The van der Waals surface area contributed by atoms with Gasteiger partial charge in [-0.15, -0.1) is 0 Å². The zero-order valence-corrected chi connectivity index (χ0v) is 19.7. The van der Waals surface area contributed by atoms with Crippen LogP contribution in [-0.2, 0) is 21.6 Å². The molecule has 2 aromatic carbocycles. The number of rotatable bonds is 9. The molecule has 2 aromatic rings. The van der Waals surface area contributed by atoms with E-state index >= 15 is 0 Å². The van der Waals surface area contributed by atoms with Gasteiger partial charge in [0.1, 0.15) is 0 Å². The zero-order chi connectivity index (χ0) is 23.1. The Hall–Kier alpha value is -2.37. The number of likely N-dealkylation sites (tertiary alicyclic amines) is 1. The van der Waals surface area contributed by atoms with Crippen LogP contribution in [0.1, 0.15) is 50.7 Å². The Morgan fingerprint density at radius 1 is 1.31 bits per heavy atom. The molecule has 1 aliphatic rings. The van der Waals surface area contributed by atoms with Crippen LogP contribution in [0.25, 0.3) is 11.1 Å². The maximum absolute atomic E-state index is 12.3. The molecular weight excluding hydrogens is 424 g/mol. The minimum atomic E-state index is -1.18. The topological polar surface area (TPSA) is 69.6 Å². The van der Waals surface area contributed by atoms with Gasteiger partial charge in [0.2, 0.25) is 12.3 Å². The molecule has 0 spiro atoms. The SMILES string of the molecule is CCc1cccc(-c2c(Cl)cccc2C(O)(CCCNC(C)=O)C2CCCN(C=O)C2)c1. The first-order valence-electron chi connectivity index (χ1n) is 11.4. The maximum atomic E-state index is 12.3. The van der Waals surface area contributed by atoms with Gasteiger partial charge in [-0.2, -0.15) is 0 Å². The van der Waals surface area contributed by atoms with E-state index in [0.29, 0.717) is 37.5 Å². The van der Waals surface area contributed by atoms with Gasteiger partial charge in [0, 0.05) is 43.1 Å². The van der Waals surface area contributed by atoms with Crippen LogP contribution in [0.4, 0.5) is 0 Å². The van der Waals surface area contributed by atoms with E-state index in [4.69, 9.17) is 11.6 Å². The molecule has 0 bridgehead atoms. The summed E-state index contributed by atoms with van der Waals surface area (Å²) in [6.07, 6.45) is 4.53. The predicted octanol–water partition coefficient (Wildman–Crippen LogP) is 4.54. The third kappa shape index (κ3) is 5.51. The number of hydrogen-bond donors (Lipinski definition) is 2. The van der Waals surface area contributed by atoms with E-state index in [2.05, 4.69) is 24.4 Å². The Bertz CT molecular complexity index is 948. The highest BCUT2D eigenvalue weighted by atomic mass is 35.5. The number of carbonyl (C=O) groups is 2. The Labute approximate surface area is 195 Å². The van der Waals surface area contributed by atoms with Crippen molar-refractivity contribution >= 4 is 23.9 Å². The van der Waals surface area contributed by atoms with Gasteiger partial charge in [-0.1, -0.05) is 54.9 Å². The zero-order valence-electron chi connectivity index (χ0n) is 18.9. The first kappa shape index (κ1) is 24.3. The average Bonchev–Trinajstić information content (AvgIpc) is 2.81. The lowest BCUT2D eigenvalue weighted by molar-refractivity contribution is -0.124. The monoisotopic (exact) mass is 456 g/mol. The van der Waals surface area contributed by atoms with Crippen LogP contribution in [-0.4, -0.2) is 42.0 Å². The fourth-order valence-corrected chi connectivity index (χ4v) is 5.08. The van der Waals surface area contributed by atoms with Gasteiger partial charge in [-0.3, -0.25) is 9.59 Å². The molecular formula is C26H33ClN2O3. The lowest BCUT2D eigenvalue weighted by atomic mass is 9.72. The predicted molar refractivity (Wildman–Crippen MR) is 128 cm³/mol. The van der Waals surface area contributed by atoms with Crippen LogP contribution in [0.5, 0.6) is 0 Å². The van der Waals surface area contributed by atoms with Crippen LogP contribution in [0.15, 0.2) is 42.5 Å². The highest BCUT2D eigenvalue weighted by Gasteiger charge is 2.42. The minimum Gasteiger partial charge on any atom is -0.385 e. The third-order valence-electron chi connectivity index (χ3n) is 6.49. The quantitative estimate of drug-likeness (QED) is 0.430. The van der Waals surface area contributed by atoms with Crippen molar-refractivity contribution in [2.75, 3.05) is 19.6 Å². The summed E-state index contributed by atoms with van der Waals surface area (Å²) in [5.74, 6) is -0.205. The molecule has 0 radical (unpaired) electrons. The molecule has 1 saturated heterocycles. The molecule has 5 nitrogen and oxygen atoms in total. The van der Waals surface area contributed by atoms with E-state index in [9.17, 15) is 14.7 Å². The molecule has 2 amide bonds. The molecule has 32 heavy (non-hydrogen) atoms. The largest absolute Gasteiger partial charge is 0.385 e. The van der Waals surface area contributed by atoms with Crippen LogP contribution in [0.2, 0.25) is 5.02 Å². The van der Waals surface area contributed by atoms with Crippen molar-refractivity contribution in [3.05, 3.63) is 58.6 Å². The summed E-state index contributed by atoms with van der Waals surface area (Å²) in [5.41, 5.74) is 2.64. The molecule has 0 aliphatic carbocycles. The highest BCUT2D eigenvalue weighted by Crippen LogP contribution is 2.45. The lowest BCUT2D eigenvalue weighted by Crippen LogP contribution is -2.46. The Balaban J connectivity index is 2.06. The normalized spacial score (nSPS) is 18.1. The second-order valence-corrected chi connectivity index (χ2v) is 9.07. The summed E-state index contributed by atoms with van der Waals surface area (Å²) in [6.45, 7) is 5.30. The lowest BCUT2D eigenvalue weighted by Gasteiger charge is -2.43. The number of nitrogens with zero attached hydrogens (tertiary/aromatic N) is 1. The molecule has 0 saturated carbocycles. The van der Waals surface area contributed by atoms with E-state index < -0.39 is 5.60 Å². The standard InChI is InChI=1S/C26H33ClN2O3/c1-3-20-8-4-9-21(16-20)25-23(11-5-12-24(25)27)26(32,13-7-14-28-19(2)31)22-10-6-15-29(17-22)18-30/h4-5,8-9,11-12,16,18,22,32H,3,6-7,10,13-15,17H2,1-2H3,(H,28,31). The first-order valence-corrected chi connectivity index (χ1v) is 11.8. The number of piperidine rings is 1. The van der Waals surface area contributed by atoms with Crippen molar-refractivity contribution in [3.63, 3.8) is 0 Å². The van der Waals surface area contributed by atoms with Crippen molar-refractivity contribution in [2.24, 2.45) is 5.92 Å². The number of benzene rings is 2. The van der Waals surface area contributed by atoms with Gasteiger partial charge in [-0.05, 0) is 54.9 Å². The number of nitrogens with one attached hydrogen (secondary N) is 1. The summed E-state index contributed by atoms with van der Waals surface area (Å²) >= 11 is 6.73. The summed E-state index contributed by atoms with van der Waals surface area (Å²) in [5, 5.41) is 15.7. The second-order valence-electron chi connectivity index (χ2n) is 8.67. The van der Waals surface area contributed by atoms with Crippen LogP contribution in [0, 0.1) is 5.92 Å². The molecule has 2 unspecified atom stereocenters. The minimum absolute atomic E-state index is 0.0850. The highest BCUT2D eigenvalue weighted by molar-refractivity contribution is 6.33. The van der Waals surface area contributed by atoms with Crippen molar-refractivity contribution in [1.29, 1.82) is 0 Å². The fourth-order valence-electron chi connectivity index (χ4n) is 4.80. The third-order valence-corrected chi connectivity index (χ3v) is 6.80. The smallest absolute Gasteiger partial charge is 0.216 e. The van der Waals surface area contributed by atoms with Gasteiger partial charge in [-0.25, -0.2) is 0 Å². The molecule has 2 atom stereocenters. The maximum Gasteiger partial charge on any atom is 0.216 e. The van der Waals surface area contributed by atoms with Gasteiger partial charge in [0.05, 0.1) is 5.60 Å². The Morgan fingerprint density at radius 3 is 2.81 bits per heavy atom. The summed E-state index contributed by atoms with van der Waals surface area (Å²) in [6, 6.07) is 14.0. The van der Waals surface area contributed by atoms with Gasteiger partial charge in [0.25, 0.3) is 0 Å². The molecule has 0 aromatic heterocycles. The van der Waals surface area contributed by atoms with Gasteiger partial charge < -0.3 is 15.3 Å². The molecule has 3 rings (SSSR count). The molecule has 2 N–H and O–H groups in total. The van der Waals surface area contributed by atoms with Gasteiger partial charge >= 0.3 is 0 Å². The summed E-state index contributed by atoms with van der Waals surface area (Å²) in [4.78, 5) is 24.6. The van der Waals surface area contributed by atoms with E-state index in [1.807, 2.05) is 30.3 Å². The number of amides is 2. The molecule has 172 valence electrons. The van der Waals surface area contributed by atoms with E-state index in [1.165, 1.54) is 12.5 Å². The molecule has 1 aliphatic heterocycles. The average molecular weight is 457 g/mol. The Morgan fingerprint density at radius 2 is 2.09 bits per heavy atom. The molecule has 1 heterocycles. The number of hydrogen-bond acceptors (Lipinski definition) is 3. The van der Waals surface area contributed by atoms with Crippen molar-refractivity contribution in [1.82, 2.24) is 10.2 Å². The second kappa shape index (κ2) is 11.0. The van der Waals surface area contributed by atoms with E-state index in [0.717, 1.165) is 42.4 Å². The number of aliphatic hydroxyl groups is 1. The first-order chi connectivity index (χ1) is 15.4. The molecule has 1 fully saturated rings. The van der Waals surface area contributed by atoms with Crippen molar-refractivity contribution in [2.45, 2.75) is 51.6 Å². The van der Waals surface area contributed by atoms with Gasteiger partial charge in [0.15, 0.2) is 0 Å². The number of aryl methyl sites for hydroxylation is 1. The molecule has 6 heteroatoms. The van der Waals surface area contributed by atoms with Crippen LogP contribution < -0.4 is 5.32 Å². The number of halogens is 1. The van der Waals surface area contributed by atoms with Crippen LogP contribution in [0.3, 0.4) is 0 Å². The fraction of sp³-hybridized carbons (Fsp3) is 0.462. The summed E-state index contributed by atoms with van der Waals surface area (Å²) < 4.78 is 0. The Kier molecular flexibility index (Phi) is 8.32. The number of carbonyl (C=O) groups excluding carboxylic acids is 2. The summed E-state index contributed by atoms with van der Waals surface area (Å²) in [7, 11) is 0.